The van der Waals surface area contributed by atoms with Gasteiger partial charge in [0.15, 0.2) is 0 Å². The van der Waals surface area contributed by atoms with Gasteiger partial charge in [-0.2, -0.15) is 0 Å². The van der Waals surface area contributed by atoms with Crippen LogP contribution in [0, 0.1) is 0 Å². The van der Waals surface area contributed by atoms with Gasteiger partial charge in [0.1, 0.15) is 5.75 Å². The number of methoxy groups -OCH3 is 1. The molecule has 0 unspecified atom stereocenters. The van der Waals surface area contributed by atoms with Crippen molar-refractivity contribution in [3.8, 4) is 5.75 Å². The van der Waals surface area contributed by atoms with E-state index >= 15 is 0 Å². The van der Waals surface area contributed by atoms with Gasteiger partial charge in [0.05, 0.1) is 7.11 Å². The first-order valence-corrected chi connectivity index (χ1v) is 9.63. The number of hydrogen-bond acceptors (Lipinski definition) is 2. The summed E-state index contributed by atoms with van der Waals surface area (Å²) in [4.78, 5) is 0. The van der Waals surface area contributed by atoms with E-state index in [1.165, 1.54) is 32.9 Å². The molecule has 4 rings (SSSR count). The number of benzene rings is 3. The molecular weight excluding hydrogens is 332 g/mol. The molecule has 138 valence electrons. The molecule has 0 bridgehead atoms. The highest BCUT2D eigenvalue weighted by molar-refractivity contribution is 6.08. The topological polar surface area (TPSA) is 26.2 Å². The van der Waals surface area contributed by atoms with Gasteiger partial charge in [0.2, 0.25) is 0 Å². The van der Waals surface area contributed by atoms with Crippen molar-refractivity contribution < 1.29 is 4.74 Å². The van der Waals surface area contributed by atoms with E-state index in [1.54, 1.807) is 7.11 Å². The molecule has 0 aliphatic carbocycles. The van der Waals surface area contributed by atoms with Crippen molar-refractivity contribution >= 4 is 21.8 Å². The molecule has 3 aromatic carbocycles. The van der Waals surface area contributed by atoms with Crippen molar-refractivity contribution in [2.75, 3.05) is 13.7 Å². The molecule has 27 heavy (non-hydrogen) atoms. The first-order valence-electron chi connectivity index (χ1n) is 9.63. The van der Waals surface area contributed by atoms with Gasteiger partial charge in [-0.1, -0.05) is 36.4 Å². The Bertz CT molecular complexity index is 1050. The van der Waals surface area contributed by atoms with Gasteiger partial charge in [-0.3, -0.25) is 0 Å². The molecule has 0 atom stereocenters. The molecule has 0 radical (unpaired) electrons. The molecule has 0 saturated heterocycles. The summed E-state index contributed by atoms with van der Waals surface area (Å²) in [5, 5.41) is 6.27. The number of rotatable bonds is 7. The summed E-state index contributed by atoms with van der Waals surface area (Å²) in [6, 6.07) is 23.8. The van der Waals surface area contributed by atoms with E-state index in [1.807, 2.05) is 12.1 Å². The van der Waals surface area contributed by atoms with Gasteiger partial charge in [0, 0.05) is 34.9 Å². The Morgan fingerprint density at radius 2 is 1.59 bits per heavy atom. The third kappa shape index (κ3) is 3.56. The van der Waals surface area contributed by atoms with Crippen LogP contribution >= 0.6 is 0 Å². The second-order valence-electron chi connectivity index (χ2n) is 6.89. The number of para-hydroxylation sites is 1. The van der Waals surface area contributed by atoms with Crippen LogP contribution in [-0.2, 0) is 19.5 Å². The van der Waals surface area contributed by atoms with Crippen molar-refractivity contribution in [3.63, 3.8) is 0 Å². The highest BCUT2D eigenvalue weighted by Gasteiger charge is 2.09. The zero-order valence-corrected chi connectivity index (χ0v) is 16.0. The normalized spacial score (nSPS) is 11.3. The zero-order chi connectivity index (χ0) is 18.6. The fourth-order valence-corrected chi connectivity index (χ4v) is 3.81. The first kappa shape index (κ1) is 17.6. The van der Waals surface area contributed by atoms with Crippen molar-refractivity contribution in [2.45, 2.75) is 26.4 Å². The maximum Gasteiger partial charge on any atom is 0.118 e. The lowest BCUT2D eigenvalue weighted by Crippen LogP contribution is -2.16. The Morgan fingerprint density at radius 3 is 2.37 bits per heavy atom. The minimum atomic E-state index is 0.887. The summed E-state index contributed by atoms with van der Waals surface area (Å²) in [5.74, 6) is 0.909. The van der Waals surface area contributed by atoms with Crippen LogP contribution in [0.3, 0.4) is 0 Å². The van der Waals surface area contributed by atoms with E-state index < -0.39 is 0 Å². The Morgan fingerprint density at radius 1 is 0.852 bits per heavy atom. The standard InChI is InChI=1S/C24H26N2O/c1-3-26-23-7-5-4-6-21(23)22-16-19(10-13-24(22)26)17-25-15-14-18-8-11-20(27-2)12-9-18/h4-13,16,25H,3,14-15,17H2,1-2H3. The van der Waals surface area contributed by atoms with Gasteiger partial charge >= 0.3 is 0 Å². The average Bonchev–Trinajstić information content (AvgIpc) is 3.05. The number of nitrogens with one attached hydrogen (secondary N) is 1. The second-order valence-corrected chi connectivity index (χ2v) is 6.89. The summed E-state index contributed by atoms with van der Waals surface area (Å²) in [6.07, 6.45) is 1.02. The molecule has 0 fully saturated rings. The summed E-state index contributed by atoms with van der Waals surface area (Å²) in [6.45, 7) is 5.04. The minimum Gasteiger partial charge on any atom is -0.497 e. The number of fused-ring (bicyclic) bond motifs is 3. The SMILES string of the molecule is CCn1c2ccccc2c2cc(CNCCc3ccc(OC)cc3)ccc21. The molecule has 3 nitrogen and oxygen atoms in total. The van der Waals surface area contributed by atoms with Crippen LogP contribution in [0.2, 0.25) is 0 Å². The van der Waals surface area contributed by atoms with Crippen molar-refractivity contribution in [3.05, 3.63) is 77.9 Å². The van der Waals surface area contributed by atoms with E-state index in [9.17, 15) is 0 Å². The van der Waals surface area contributed by atoms with E-state index in [0.29, 0.717) is 0 Å². The van der Waals surface area contributed by atoms with Gasteiger partial charge in [-0.15, -0.1) is 0 Å². The Kier molecular flexibility index (Phi) is 5.12. The predicted octanol–water partition coefficient (Wildman–Crippen LogP) is 5.16. The van der Waals surface area contributed by atoms with Gasteiger partial charge in [-0.25, -0.2) is 0 Å². The molecule has 1 aromatic heterocycles. The highest BCUT2D eigenvalue weighted by Crippen LogP contribution is 2.29. The molecule has 0 saturated carbocycles. The Balaban J connectivity index is 1.45. The lowest BCUT2D eigenvalue weighted by molar-refractivity contribution is 0.414. The van der Waals surface area contributed by atoms with Crippen molar-refractivity contribution in [1.29, 1.82) is 0 Å². The number of nitrogens with zero attached hydrogens (tertiary/aromatic N) is 1. The fraction of sp³-hybridized carbons (Fsp3) is 0.250. The first-order chi connectivity index (χ1) is 13.3. The second kappa shape index (κ2) is 7.85. The average molecular weight is 358 g/mol. The number of aromatic nitrogens is 1. The summed E-state index contributed by atoms with van der Waals surface area (Å²) in [5.41, 5.74) is 5.29. The maximum absolute atomic E-state index is 5.21. The van der Waals surface area contributed by atoms with E-state index in [-0.39, 0.29) is 0 Å². The van der Waals surface area contributed by atoms with Gasteiger partial charge < -0.3 is 14.6 Å². The molecule has 1 heterocycles. The van der Waals surface area contributed by atoms with E-state index in [4.69, 9.17) is 4.74 Å². The number of aryl methyl sites for hydroxylation is 1. The van der Waals surface area contributed by atoms with Crippen LogP contribution in [0.1, 0.15) is 18.1 Å². The monoisotopic (exact) mass is 358 g/mol. The van der Waals surface area contributed by atoms with Crippen molar-refractivity contribution in [2.24, 2.45) is 0 Å². The molecule has 0 aliphatic heterocycles. The zero-order valence-electron chi connectivity index (χ0n) is 16.0. The summed E-state index contributed by atoms with van der Waals surface area (Å²) >= 11 is 0. The smallest absolute Gasteiger partial charge is 0.118 e. The quantitative estimate of drug-likeness (QED) is 0.462. The van der Waals surface area contributed by atoms with Crippen LogP contribution < -0.4 is 10.1 Å². The van der Waals surface area contributed by atoms with E-state index in [0.717, 1.165) is 31.8 Å². The van der Waals surface area contributed by atoms with Crippen LogP contribution in [0.5, 0.6) is 5.75 Å². The Hall–Kier alpha value is -2.78. The van der Waals surface area contributed by atoms with Crippen LogP contribution in [0.15, 0.2) is 66.7 Å². The fourth-order valence-electron chi connectivity index (χ4n) is 3.81. The molecule has 4 aromatic rings. The largest absolute Gasteiger partial charge is 0.497 e. The summed E-state index contributed by atoms with van der Waals surface area (Å²) in [7, 11) is 1.70. The van der Waals surface area contributed by atoms with Gasteiger partial charge in [0.25, 0.3) is 0 Å². The highest BCUT2D eigenvalue weighted by atomic mass is 16.5. The maximum atomic E-state index is 5.21. The molecule has 1 N–H and O–H groups in total. The molecule has 0 amide bonds. The van der Waals surface area contributed by atoms with Crippen LogP contribution in [-0.4, -0.2) is 18.2 Å². The third-order valence-electron chi connectivity index (χ3n) is 5.23. The number of hydrogen-bond donors (Lipinski definition) is 1. The summed E-state index contributed by atoms with van der Waals surface area (Å²) < 4.78 is 7.61. The van der Waals surface area contributed by atoms with Crippen molar-refractivity contribution in [1.82, 2.24) is 9.88 Å². The third-order valence-corrected chi connectivity index (χ3v) is 5.23. The lowest BCUT2D eigenvalue weighted by Gasteiger charge is -2.07. The lowest BCUT2D eigenvalue weighted by atomic mass is 10.1. The molecule has 0 spiro atoms. The van der Waals surface area contributed by atoms with Crippen LogP contribution in [0.25, 0.3) is 21.8 Å². The molecule has 3 heteroatoms. The van der Waals surface area contributed by atoms with E-state index in [2.05, 4.69) is 71.4 Å². The predicted molar refractivity (Wildman–Crippen MR) is 114 cm³/mol. The van der Waals surface area contributed by atoms with Crippen LogP contribution in [0.4, 0.5) is 0 Å². The number of ether oxygens (including phenoxy) is 1. The Labute approximate surface area is 160 Å². The minimum absolute atomic E-state index is 0.887. The molecule has 0 aliphatic rings. The molecular formula is C24H26N2O. The van der Waals surface area contributed by atoms with Gasteiger partial charge in [-0.05, 0) is 61.3 Å².